The third kappa shape index (κ3) is 3.34. The molecule has 1 fully saturated rings. The number of nitrogens with one attached hydrogen (secondary N) is 1. The summed E-state index contributed by atoms with van der Waals surface area (Å²) in [6, 6.07) is 4.01. The van der Waals surface area contributed by atoms with Gasteiger partial charge in [-0.3, -0.25) is 4.90 Å². The normalized spacial score (nSPS) is 19.1. The molecule has 2 heterocycles. The van der Waals surface area contributed by atoms with Crippen molar-refractivity contribution in [1.29, 1.82) is 0 Å². The van der Waals surface area contributed by atoms with E-state index < -0.39 is 0 Å². The van der Waals surface area contributed by atoms with Crippen molar-refractivity contribution < 1.29 is 4.42 Å². The highest BCUT2D eigenvalue weighted by atomic mass is 79.9. The third-order valence-electron chi connectivity index (χ3n) is 3.21. The van der Waals surface area contributed by atoms with Gasteiger partial charge in [-0.2, -0.15) is 0 Å². The van der Waals surface area contributed by atoms with Crippen LogP contribution < -0.4 is 5.32 Å². The van der Waals surface area contributed by atoms with Crippen LogP contribution >= 0.6 is 15.9 Å². The average Bonchev–Trinajstić information content (AvgIpc) is 2.67. The maximum Gasteiger partial charge on any atom is 0.169 e. The molecule has 0 amide bonds. The lowest BCUT2D eigenvalue weighted by Gasteiger charge is -2.31. The number of hydrogen-bond acceptors (Lipinski definition) is 3. The molecule has 1 aliphatic heterocycles. The average molecular weight is 287 g/mol. The minimum atomic E-state index is 0.826. The van der Waals surface area contributed by atoms with E-state index in [0.29, 0.717) is 0 Å². The van der Waals surface area contributed by atoms with Crippen LogP contribution in [0.2, 0.25) is 0 Å². The number of rotatable bonds is 4. The Kier molecular flexibility index (Phi) is 4.44. The van der Waals surface area contributed by atoms with Gasteiger partial charge in [0.25, 0.3) is 0 Å². The van der Waals surface area contributed by atoms with Crippen LogP contribution in [0.1, 0.15) is 18.6 Å². The number of furan rings is 1. The van der Waals surface area contributed by atoms with Gasteiger partial charge in [-0.1, -0.05) is 0 Å². The van der Waals surface area contributed by atoms with E-state index in [4.69, 9.17) is 4.42 Å². The van der Waals surface area contributed by atoms with Crippen LogP contribution in [-0.4, -0.2) is 31.6 Å². The molecule has 1 aromatic heterocycles. The summed E-state index contributed by atoms with van der Waals surface area (Å²) in [4.78, 5) is 2.47. The van der Waals surface area contributed by atoms with Gasteiger partial charge in [0.2, 0.25) is 0 Å². The number of hydrogen-bond donors (Lipinski definition) is 1. The van der Waals surface area contributed by atoms with Gasteiger partial charge in [-0.05, 0) is 73.5 Å². The Bertz CT molecular complexity index is 319. The second kappa shape index (κ2) is 5.84. The van der Waals surface area contributed by atoms with Crippen LogP contribution in [0.5, 0.6) is 0 Å². The van der Waals surface area contributed by atoms with Crippen molar-refractivity contribution in [3.63, 3.8) is 0 Å². The summed E-state index contributed by atoms with van der Waals surface area (Å²) in [5, 5.41) is 3.26. The van der Waals surface area contributed by atoms with Crippen molar-refractivity contribution in [2.24, 2.45) is 5.92 Å². The summed E-state index contributed by atoms with van der Waals surface area (Å²) in [5.74, 6) is 1.91. The summed E-state index contributed by atoms with van der Waals surface area (Å²) < 4.78 is 6.35. The molecule has 0 unspecified atom stereocenters. The number of halogens is 1. The third-order valence-corrected chi connectivity index (χ3v) is 3.63. The molecule has 0 atom stereocenters. The van der Waals surface area contributed by atoms with E-state index in [1.54, 1.807) is 0 Å². The van der Waals surface area contributed by atoms with Crippen molar-refractivity contribution in [3.8, 4) is 0 Å². The Morgan fingerprint density at radius 3 is 2.75 bits per heavy atom. The van der Waals surface area contributed by atoms with E-state index in [1.165, 1.54) is 25.9 Å². The topological polar surface area (TPSA) is 28.4 Å². The lowest BCUT2D eigenvalue weighted by Crippen LogP contribution is -2.36. The molecule has 3 nitrogen and oxygen atoms in total. The van der Waals surface area contributed by atoms with E-state index in [9.17, 15) is 0 Å². The maximum absolute atomic E-state index is 5.52. The van der Waals surface area contributed by atoms with Gasteiger partial charge >= 0.3 is 0 Å². The monoisotopic (exact) mass is 286 g/mol. The van der Waals surface area contributed by atoms with Crippen molar-refractivity contribution in [1.82, 2.24) is 10.2 Å². The maximum atomic E-state index is 5.52. The Labute approximate surface area is 105 Å². The largest absolute Gasteiger partial charge is 0.453 e. The van der Waals surface area contributed by atoms with Gasteiger partial charge in [0.05, 0.1) is 6.54 Å². The zero-order chi connectivity index (χ0) is 11.4. The van der Waals surface area contributed by atoms with Gasteiger partial charge in [0.1, 0.15) is 5.76 Å². The molecule has 0 radical (unpaired) electrons. The second-order valence-corrected chi connectivity index (χ2v) is 5.26. The van der Waals surface area contributed by atoms with Crippen molar-refractivity contribution in [3.05, 3.63) is 22.6 Å². The van der Waals surface area contributed by atoms with Gasteiger partial charge in [0.15, 0.2) is 4.67 Å². The molecule has 0 spiro atoms. The summed E-state index contributed by atoms with van der Waals surface area (Å²) in [7, 11) is 2.03. The molecular formula is C12H19BrN2O. The van der Waals surface area contributed by atoms with E-state index in [0.717, 1.165) is 29.4 Å². The Morgan fingerprint density at radius 1 is 1.44 bits per heavy atom. The number of nitrogens with zero attached hydrogens (tertiary/aromatic N) is 1. The van der Waals surface area contributed by atoms with E-state index in [2.05, 4.69) is 26.1 Å². The molecule has 4 heteroatoms. The van der Waals surface area contributed by atoms with Crippen molar-refractivity contribution >= 4 is 15.9 Å². The lowest BCUT2D eigenvalue weighted by atomic mass is 9.97. The standard InChI is InChI=1S/C12H19BrN2O/c1-14-8-10-4-6-15(7-5-10)9-11-2-3-12(13)16-11/h2-3,10,14H,4-9H2,1H3. The summed E-state index contributed by atoms with van der Waals surface area (Å²) in [5.41, 5.74) is 0. The van der Waals surface area contributed by atoms with Crippen molar-refractivity contribution in [2.45, 2.75) is 19.4 Å². The zero-order valence-electron chi connectivity index (χ0n) is 9.71. The molecular weight excluding hydrogens is 268 g/mol. The highest BCUT2D eigenvalue weighted by Crippen LogP contribution is 2.20. The predicted octanol–water partition coefficient (Wildman–Crippen LogP) is 2.47. The molecule has 16 heavy (non-hydrogen) atoms. The first-order valence-electron chi connectivity index (χ1n) is 5.89. The molecule has 0 saturated carbocycles. The first-order valence-corrected chi connectivity index (χ1v) is 6.68. The van der Waals surface area contributed by atoms with E-state index in [1.807, 2.05) is 19.2 Å². The second-order valence-electron chi connectivity index (χ2n) is 4.48. The minimum absolute atomic E-state index is 0.826. The van der Waals surface area contributed by atoms with Gasteiger partial charge < -0.3 is 9.73 Å². The van der Waals surface area contributed by atoms with Crippen LogP contribution in [0.15, 0.2) is 21.2 Å². The van der Waals surface area contributed by atoms with Gasteiger partial charge in [-0.25, -0.2) is 0 Å². The Balaban J connectivity index is 1.77. The van der Waals surface area contributed by atoms with E-state index in [-0.39, 0.29) is 0 Å². The zero-order valence-corrected chi connectivity index (χ0v) is 11.3. The molecule has 1 N–H and O–H groups in total. The smallest absolute Gasteiger partial charge is 0.169 e. The molecule has 2 rings (SSSR count). The SMILES string of the molecule is CNCC1CCN(Cc2ccc(Br)o2)CC1. The quantitative estimate of drug-likeness (QED) is 0.922. The number of piperidine rings is 1. The molecule has 0 aromatic carbocycles. The number of likely N-dealkylation sites (tertiary alicyclic amines) is 1. The predicted molar refractivity (Wildman–Crippen MR) is 68.3 cm³/mol. The Morgan fingerprint density at radius 2 is 2.19 bits per heavy atom. The lowest BCUT2D eigenvalue weighted by molar-refractivity contribution is 0.165. The van der Waals surface area contributed by atoms with Gasteiger partial charge in [-0.15, -0.1) is 0 Å². The highest BCUT2D eigenvalue weighted by molar-refractivity contribution is 9.10. The minimum Gasteiger partial charge on any atom is -0.453 e. The van der Waals surface area contributed by atoms with E-state index >= 15 is 0 Å². The fraction of sp³-hybridized carbons (Fsp3) is 0.667. The highest BCUT2D eigenvalue weighted by Gasteiger charge is 2.19. The van der Waals surface area contributed by atoms with Crippen molar-refractivity contribution in [2.75, 3.05) is 26.7 Å². The van der Waals surface area contributed by atoms with Crippen LogP contribution in [0.3, 0.4) is 0 Å². The van der Waals surface area contributed by atoms with Gasteiger partial charge in [0, 0.05) is 0 Å². The molecule has 0 bridgehead atoms. The molecule has 1 saturated heterocycles. The molecule has 1 aromatic rings. The van der Waals surface area contributed by atoms with Crippen LogP contribution in [0, 0.1) is 5.92 Å². The summed E-state index contributed by atoms with van der Waals surface area (Å²) in [6.07, 6.45) is 2.59. The fourth-order valence-corrected chi connectivity index (χ4v) is 2.63. The summed E-state index contributed by atoms with van der Waals surface area (Å²) >= 11 is 3.33. The molecule has 0 aliphatic carbocycles. The first-order chi connectivity index (χ1) is 7.78. The molecule has 90 valence electrons. The van der Waals surface area contributed by atoms with Crippen LogP contribution in [0.25, 0.3) is 0 Å². The Hall–Kier alpha value is -0.320. The van der Waals surface area contributed by atoms with Crippen LogP contribution in [-0.2, 0) is 6.54 Å². The fourth-order valence-electron chi connectivity index (χ4n) is 2.29. The molecule has 1 aliphatic rings. The van der Waals surface area contributed by atoms with Crippen LogP contribution in [0.4, 0.5) is 0 Å². The summed E-state index contributed by atoms with van der Waals surface area (Å²) in [6.45, 7) is 4.47. The first kappa shape index (κ1) is 12.1.